The summed E-state index contributed by atoms with van der Waals surface area (Å²) in [6, 6.07) is 5.34. The molecule has 192 valence electrons. The third-order valence-corrected chi connectivity index (χ3v) is 5.83. The molecule has 3 atom stereocenters. The largest absolute Gasteiger partial charge is 0.361 e. The van der Waals surface area contributed by atoms with Crippen molar-refractivity contribution in [1.29, 1.82) is 0 Å². The molecule has 1 aromatic heterocycles. The van der Waals surface area contributed by atoms with E-state index in [1.54, 1.807) is 6.92 Å². The lowest BCUT2D eigenvalue weighted by Crippen LogP contribution is -2.51. The Morgan fingerprint density at radius 2 is 2.00 bits per heavy atom. The Morgan fingerprint density at radius 1 is 1.25 bits per heavy atom. The number of halogens is 1. The van der Waals surface area contributed by atoms with Crippen LogP contribution in [0.4, 0.5) is 4.39 Å². The van der Waals surface area contributed by atoms with E-state index in [1.807, 2.05) is 0 Å². The van der Waals surface area contributed by atoms with Crippen molar-refractivity contribution in [2.75, 3.05) is 13.6 Å². The summed E-state index contributed by atoms with van der Waals surface area (Å²) in [7, 11) is 1.48. The van der Waals surface area contributed by atoms with Crippen LogP contribution in [0.3, 0.4) is 0 Å². The van der Waals surface area contributed by atoms with Crippen molar-refractivity contribution < 1.29 is 28.1 Å². The molecule has 0 saturated carbocycles. The van der Waals surface area contributed by atoms with Crippen molar-refractivity contribution in [3.05, 3.63) is 65.3 Å². The van der Waals surface area contributed by atoms with Crippen molar-refractivity contribution in [2.45, 2.75) is 44.7 Å². The molecule has 1 aliphatic heterocycles. The van der Waals surface area contributed by atoms with Crippen molar-refractivity contribution in [1.82, 2.24) is 26.4 Å². The van der Waals surface area contributed by atoms with Gasteiger partial charge in [0, 0.05) is 44.1 Å². The molecule has 1 aliphatic rings. The highest BCUT2D eigenvalue weighted by Crippen LogP contribution is 2.18. The lowest BCUT2D eigenvalue weighted by molar-refractivity contribution is -0.128. The molecule has 1 fully saturated rings. The molecule has 2 heterocycles. The molecule has 3 unspecified atom stereocenters. The van der Waals surface area contributed by atoms with Crippen LogP contribution in [0, 0.1) is 18.7 Å². The number of aromatic nitrogens is 1. The third kappa shape index (κ3) is 7.76. The first-order chi connectivity index (χ1) is 17.2. The summed E-state index contributed by atoms with van der Waals surface area (Å²) < 4.78 is 18.3. The smallest absolute Gasteiger partial charge is 0.274 e. The van der Waals surface area contributed by atoms with Gasteiger partial charge < -0.3 is 25.8 Å². The molecule has 1 saturated heterocycles. The number of amides is 4. The molecule has 11 heteroatoms. The number of nitrogens with one attached hydrogen (secondary N) is 4. The molecule has 0 aliphatic carbocycles. The second-order valence-electron chi connectivity index (χ2n) is 8.63. The van der Waals surface area contributed by atoms with Gasteiger partial charge in [0.2, 0.25) is 17.7 Å². The number of benzene rings is 1. The molecule has 4 amide bonds. The van der Waals surface area contributed by atoms with E-state index in [-0.39, 0.29) is 36.3 Å². The van der Waals surface area contributed by atoms with Crippen molar-refractivity contribution in [3.8, 4) is 0 Å². The third-order valence-electron chi connectivity index (χ3n) is 5.83. The Hall–Kier alpha value is -4.02. The Bertz CT molecular complexity index is 1110. The number of nitrogens with zero attached hydrogens (tertiary/aromatic N) is 1. The fourth-order valence-corrected chi connectivity index (χ4v) is 3.89. The van der Waals surface area contributed by atoms with Crippen molar-refractivity contribution in [2.24, 2.45) is 5.92 Å². The van der Waals surface area contributed by atoms with E-state index in [2.05, 4.69) is 26.4 Å². The minimum absolute atomic E-state index is 0.0133. The Morgan fingerprint density at radius 3 is 2.64 bits per heavy atom. The zero-order chi connectivity index (χ0) is 26.1. The molecular formula is C25H30FN5O5. The highest BCUT2D eigenvalue weighted by Gasteiger charge is 2.29. The van der Waals surface area contributed by atoms with Crippen LogP contribution < -0.4 is 21.3 Å². The number of rotatable bonds is 10. The number of hydrogen-bond acceptors (Lipinski definition) is 6. The van der Waals surface area contributed by atoms with Gasteiger partial charge in [-0.2, -0.15) is 0 Å². The number of likely N-dealkylation sites (N-methyl/N-ethyl adjacent to an activating group) is 1. The SMILES string of the molecule is CNC(=O)C=CC(CC1CCCNC1=O)NC(=O)C(Cc1ccc(F)cc1)NC(=O)c1cc(C)on1. The molecule has 0 radical (unpaired) electrons. The second kappa shape index (κ2) is 12.6. The van der Waals surface area contributed by atoms with Crippen LogP contribution in [-0.2, 0) is 20.8 Å². The van der Waals surface area contributed by atoms with E-state index in [0.717, 1.165) is 6.42 Å². The average Bonchev–Trinajstić information content (AvgIpc) is 3.30. The van der Waals surface area contributed by atoms with Gasteiger partial charge in [0.1, 0.15) is 17.6 Å². The minimum atomic E-state index is -1.05. The van der Waals surface area contributed by atoms with Gasteiger partial charge in [-0.05, 0) is 43.9 Å². The monoisotopic (exact) mass is 499 g/mol. The van der Waals surface area contributed by atoms with Crippen LogP contribution in [0.1, 0.15) is 41.1 Å². The van der Waals surface area contributed by atoms with Gasteiger partial charge in [0.25, 0.3) is 5.91 Å². The quantitative estimate of drug-likeness (QED) is 0.362. The summed E-state index contributed by atoms with van der Waals surface area (Å²) in [6.45, 7) is 2.24. The van der Waals surface area contributed by atoms with Gasteiger partial charge in [0.15, 0.2) is 5.69 Å². The molecule has 0 bridgehead atoms. The van der Waals surface area contributed by atoms with Gasteiger partial charge in [-0.1, -0.05) is 23.4 Å². The molecular weight excluding hydrogens is 469 g/mol. The van der Waals surface area contributed by atoms with Crippen LogP contribution in [0.25, 0.3) is 0 Å². The lowest BCUT2D eigenvalue weighted by atomic mass is 9.91. The second-order valence-corrected chi connectivity index (χ2v) is 8.63. The Labute approximate surface area is 208 Å². The van der Waals surface area contributed by atoms with Gasteiger partial charge in [-0.15, -0.1) is 0 Å². The normalized spacial score (nSPS) is 17.2. The standard InChI is InChI=1S/C25H30FN5O5/c1-15-12-21(31-36-15)25(35)30-20(13-16-5-7-18(26)8-6-16)24(34)29-19(9-10-22(32)27-2)14-17-4-3-11-28-23(17)33/h5-10,12,17,19-20H,3-4,11,13-14H2,1-2H3,(H,27,32)(H,28,33)(H,29,34)(H,30,35). The molecule has 4 N–H and O–H groups in total. The van der Waals surface area contributed by atoms with Crippen LogP contribution in [0.2, 0.25) is 0 Å². The van der Waals surface area contributed by atoms with Crippen molar-refractivity contribution in [3.63, 3.8) is 0 Å². The van der Waals surface area contributed by atoms with Gasteiger partial charge in [-0.25, -0.2) is 4.39 Å². The zero-order valence-corrected chi connectivity index (χ0v) is 20.2. The summed E-state index contributed by atoms with van der Waals surface area (Å²) in [5, 5.41) is 14.5. The maximum absolute atomic E-state index is 13.4. The highest BCUT2D eigenvalue weighted by atomic mass is 19.1. The summed E-state index contributed by atoms with van der Waals surface area (Å²) in [5.41, 5.74) is 0.636. The van der Waals surface area contributed by atoms with Gasteiger partial charge >= 0.3 is 0 Å². The number of piperidine rings is 1. The number of aryl methyl sites for hydroxylation is 1. The van der Waals surface area contributed by atoms with Crippen molar-refractivity contribution >= 4 is 23.6 Å². The molecule has 0 spiro atoms. The lowest BCUT2D eigenvalue weighted by Gasteiger charge is -2.27. The Balaban J connectivity index is 1.79. The fourth-order valence-electron chi connectivity index (χ4n) is 3.89. The summed E-state index contributed by atoms with van der Waals surface area (Å²) in [4.78, 5) is 50.1. The minimum Gasteiger partial charge on any atom is -0.361 e. The number of hydrogen-bond donors (Lipinski definition) is 4. The molecule has 2 aromatic rings. The average molecular weight is 500 g/mol. The zero-order valence-electron chi connectivity index (χ0n) is 20.2. The van der Waals surface area contributed by atoms with E-state index in [9.17, 15) is 23.6 Å². The molecule has 3 rings (SSSR count). The van der Waals surface area contributed by atoms with E-state index in [4.69, 9.17) is 4.52 Å². The van der Waals surface area contributed by atoms with Crippen LogP contribution in [0.15, 0.2) is 47.0 Å². The van der Waals surface area contributed by atoms with Crippen LogP contribution >= 0.6 is 0 Å². The van der Waals surface area contributed by atoms with E-state index in [1.165, 1.54) is 49.5 Å². The maximum Gasteiger partial charge on any atom is 0.274 e. The van der Waals surface area contributed by atoms with Crippen LogP contribution in [-0.4, -0.2) is 54.5 Å². The summed E-state index contributed by atoms with van der Waals surface area (Å²) in [5.74, 6) is -1.93. The maximum atomic E-state index is 13.4. The first-order valence-corrected chi connectivity index (χ1v) is 11.7. The molecule has 36 heavy (non-hydrogen) atoms. The number of carbonyl (C=O) groups is 4. The van der Waals surface area contributed by atoms with Gasteiger partial charge in [-0.3, -0.25) is 19.2 Å². The summed E-state index contributed by atoms with van der Waals surface area (Å²) >= 11 is 0. The summed E-state index contributed by atoms with van der Waals surface area (Å²) in [6.07, 6.45) is 4.65. The molecule has 1 aromatic carbocycles. The predicted octanol–water partition coefficient (Wildman–Crippen LogP) is 1.17. The molecule has 10 nitrogen and oxygen atoms in total. The first-order valence-electron chi connectivity index (χ1n) is 11.7. The number of carbonyl (C=O) groups excluding carboxylic acids is 4. The van der Waals surface area contributed by atoms with Crippen LogP contribution in [0.5, 0.6) is 0 Å². The fraction of sp³-hybridized carbons (Fsp3) is 0.400. The van der Waals surface area contributed by atoms with E-state index >= 15 is 0 Å². The van der Waals surface area contributed by atoms with E-state index < -0.39 is 29.7 Å². The highest BCUT2D eigenvalue weighted by molar-refractivity contribution is 5.96. The van der Waals surface area contributed by atoms with Gasteiger partial charge in [0.05, 0.1) is 0 Å². The Kier molecular flexibility index (Phi) is 9.32. The topological polar surface area (TPSA) is 142 Å². The first kappa shape index (κ1) is 26.6. The van der Waals surface area contributed by atoms with E-state index in [0.29, 0.717) is 24.3 Å². The predicted molar refractivity (Wildman–Crippen MR) is 128 cm³/mol.